The highest BCUT2D eigenvalue weighted by atomic mass is 16.5. The number of morpholine rings is 1. The Morgan fingerprint density at radius 3 is 2.81 bits per heavy atom. The van der Waals surface area contributed by atoms with Crippen molar-refractivity contribution < 1.29 is 4.74 Å². The molecule has 1 aromatic rings. The number of aryl methyl sites for hydroxylation is 1. The molecule has 0 unspecified atom stereocenters. The predicted molar refractivity (Wildman–Crippen MR) is 85.6 cm³/mol. The Kier molecular flexibility index (Phi) is 5.17. The van der Waals surface area contributed by atoms with E-state index in [1.807, 2.05) is 6.20 Å². The molecule has 0 amide bonds. The van der Waals surface area contributed by atoms with Crippen LogP contribution in [0.2, 0.25) is 0 Å². The third-order valence-corrected chi connectivity index (χ3v) is 3.64. The number of nitrogens with one attached hydrogen (secondary N) is 1. The molecule has 0 spiro atoms. The molecule has 5 nitrogen and oxygen atoms in total. The maximum absolute atomic E-state index is 5.74. The van der Waals surface area contributed by atoms with Gasteiger partial charge in [0.05, 0.1) is 12.2 Å². The van der Waals surface area contributed by atoms with Crippen molar-refractivity contribution in [3.63, 3.8) is 0 Å². The predicted octanol–water partition coefficient (Wildman–Crippen LogP) is 2.15. The highest BCUT2D eigenvalue weighted by Crippen LogP contribution is 2.20. The first-order valence-corrected chi connectivity index (χ1v) is 7.79. The standard InChI is InChI=1S/C16H28N4O/c1-12(2)8-17-9-14-10-18-15(19-13(14)3)20-6-7-21-16(4,5)11-20/h10,12,17H,6-9,11H2,1-5H3. The summed E-state index contributed by atoms with van der Waals surface area (Å²) in [6.45, 7) is 14.9. The summed E-state index contributed by atoms with van der Waals surface area (Å²) in [5.74, 6) is 1.47. The van der Waals surface area contributed by atoms with E-state index in [9.17, 15) is 0 Å². The van der Waals surface area contributed by atoms with Crippen LogP contribution in [0.25, 0.3) is 0 Å². The van der Waals surface area contributed by atoms with Crippen molar-refractivity contribution in [2.75, 3.05) is 31.1 Å². The number of rotatable bonds is 5. The zero-order valence-corrected chi connectivity index (χ0v) is 13.9. The van der Waals surface area contributed by atoms with E-state index < -0.39 is 0 Å². The van der Waals surface area contributed by atoms with Crippen LogP contribution >= 0.6 is 0 Å². The molecule has 0 bridgehead atoms. The van der Waals surface area contributed by atoms with Crippen LogP contribution in [0.15, 0.2) is 6.20 Å². The number of aromatic nitrogens is 2. The largest absolute Gasteiger partial charge is 0.372 e. The minimum atomic E-state index is -0.132. The van der Waals surface area contributed by atoms with E-state index in [1.54, 1.807) is 0 Å². The van der Waals surface area contributed by atoms with Crippen LogP contribution in [0, 0.1) is 12.8 Å². The summed E-state index contributed by atoms with van der Waals surface area (Å²) < 4.78 is 5.74. The van der Waals surface area contributed by atoms with Gasteiger partial charge in [0.15, 0.2) is 0 Å². The van der Waals surface area contributed by atoms with Gasteiger partial charge in [-0.25, -0.2) is 9.97 Å². The molecule has 1 N–H and O–H groups in total. The Labute approximate surface area is 128 Å². The minimum Gasteiger partial charge on any atom is -0.372 e. The van der Waals surface area contributed by atoms with Crippen LogP contribution in [0.1, 0.15) is 39.0 Å². The molecule has 2 rings (SSSR count). The second-order valence-electron chi connectivity index (χ2n) is 6.84. The first kappa shape index (κ1) is 16.2. The monoisotopic (exact) mass is 292 g/mol. The summed E-state index contributed by atoms with van der Waals surface area (Å²) in [4.78, 5) is 11.4. The molecule has 118 valence electrons. The molecule has 0 aliphatic carbocycles. The zero-order chi connectivity index (χ0) is 15.5. The molecule has 0 aromatic carbocycles. The maximum atomic E-state index is 5.74. The van der Waals surface area contributed by atoms with Gasteiger partial charge in [-0.05, 0) is 33.2 Å². The van der Waals surface area contributed by atoms with Crippen molar-refractivity contribution >= 4 is 5.95 Å². The van der Waals surface area contributed by atoms with Crippen molar-refractivity contribution in [1.29, 1.82) is 0 Å². The van der Waals surface area contributed by atoms with Crippen molar-refractivity contribution in [3.8, 4) is 0 Å². The first-order chi connectivity index (χ1) is 9.87. The fourth-order valence-corrected chi connectivity index (χ4v) is 2.49. The fraction of sp³-hybridized carbons (Fsp3) is 0.750. The molecule has 1 aliphatic heterocycles. The second-order valence-corrected chi connectivity index (χ2v) is 6.84. The Morgan fingerprint density at radius 1 is 1.43 bits per heavy atom. The van der Waals surface area contributed by atoms with Gasteiger partial charge < -0.3 is 15.0 Å². The lowest BCUT2D eigenvalue weighted by Gasteiger charge is -2.38. The molecule has 2 heterocycles. The maximum Gasteiger partial charge on any atom is 0.225 e. The number of hydrogen-bond donors (Lipinski definition) is 1. The first-order valence-electron chi connectivity index (χ1n) is 7.79. The highest BCUT2D eigenvalue weighted by molar-refractivity contribution is 5.34. The summed E-state index contributed by atoms with van der Waals surface area (Å²) in [7, 11) is 0. The summed E-state index contributed by atoms with van der Waals surface area (Å²) >= 11 is 0. The lowest BCUT2D eigenvalue weighted by atomic mass is 10.1. The summed E-state index contributed by atoms with van der Waals surface area (Å²) in [5.41, 5.74) is 2.10. The van der Waals surface area contributed by atoms with Crippen LogP contribution in [0.4, 0.5) is 5.95 Å². The van der Waals surface area contributed by atoms with Crippen LogP contribution in [0.3, 0.4) is 0 Å². The molecular weight excluding hydrogens is 264 g/mol. The molecule has 5 heteroatoms. The van der Waals surface area contributed by atoms with E-state index in [0.29, 0.717) is 5.92 Å². The number of ether oxygens (including phenoxy) is 1. The second kappa shape index (κ2) is 6.71. The molecule has 1 aliphatic rings. The van der Waals surface area contributed by atoms with Crippen molar-refractivity contribution in [2.24, 2.45) is 5.92 Å². The quantitative estimate of drug-likeness (QED) is 0.901. The summed E-state index contributed by atoms with van der Waals surface area (Å²) in [5, 5.41) is 3.44. The van der Waals surface area contributed by atoms with E-state index >= 15 is 0 Å². The smallest absolute Gasteiger partial charge is 0.225 e. The lowest BCUT2D eigenvalue weighted by molar-refractivity contribution is -0.0281. The van der Waals surface area contributed by atoms with Crippen molar-refractivity contribution in [1.82, 2.24) is 15.3 Å². The Bertz CT molecular complexity index is 473. The number of hydrogen-bond acceptors (Lipinski definition) is 5. The molecule has 1 fully saturated rings. The van der Waals surface area contributed by atoms with E-state index in [-0.39, 0.29) is 5.60 Å². The van der Waals surface area contributed by atoms with E-state index in [0.717, 1.165) is 44.4 Å². The van der Waals surface area contributed by atoms with Crippen LogP contribution < -0.4 is 10.2 Å². The van der Waals surface area contributed by atoms with Gasteiger partial charge in [-0.3, -0.25) is 0 Å². The summed E-state index contributed by atoms with van der Waals surface area (Å²) in [6, 6.07) is 0. The average Bonchev–Trinajstić information content (AvgIpc) is 2.39. The third-order valence-electron chi connectivity index (χ3n) is 3.64. The van der Waals surface area contributed by atoms with Gasteiger partial charge in [0.1, 0.15) is 0 Å². The Balaban J connectivity index is 2.01. The molecule has 0 saturated carbocycles. The van der Waals surface area contributed by atoms with Crippen molar-refractivity contribution in [2.45, 2.75) is 46.8 Å². The molecule has 21 heavy (non-hydrogen) atoms. The normalized spacial score (nSPS) is 18.3. The van der Waals surface area contributed by atoms with Crippen LogP contribution in [0.5, 0.6) is 0 Å². The van der Waals surface area contributed by atoms with Crippen molar-refractivity contribution in [3.05, 3.63) is 17.5 Å². The van der Waals surface area contributed by atoms with E-state index in [1.165, 1.54) is 5.56 Å². The topological polar surface area (TPSA) is 50.3 Å². The third kappa shape index (κ3) is 4.64. The fourth-order valence-electron chi connectivity index (χ4n) is 2.49. The Morgan fingerprint density at radius 2 is 2.19 bits per heavy atom. The van der Waals surface area contributed by atoms with Crippen LogP contribution in [-0.4, -0.2) is 41.8 Å². The molecule has 1 saturated heterocycles. The average molecular weight is 292 g/mol. The van der Waals surface area contributed by atoms with Gasteiger partial charge in [-0.1, -0.05) is 13.8 Å². The summed E-state index contributed by atoms with van der Waals surface area (Å²) in [6.07, 6.45) is 1.95. The lowest BCUT2D eigenvalue weighted by Crippen LogP contribution is -2.49. The highest BCUT2D eigenvalue weighted by Gasteiger charge is 2.28. The molecule has 0 atom stereocenters. The number of nitrogens with zero attached hydrogens (tertiary/aromatic N) is 3. The zero-order valence-electron chi connectivity index (χ0n) is 13.9. The van der Waals surface area contributed by atoms with E-state index in [4.69, 9.17) is 4.74 Å². The van der Waals surface area contributed by atoms with Gasteiger partial charge >= 0.3 is 0 Å². The number of anilines is 1. The van der Waals surface area contributed by atoms with Gasteiger partial charge in [-0.15, -0.1) is 0 Å². The van der Waals surface area contributed by atoms with Gasteiger partial charge in [0, 0.05) is 37.1 Å². The minimum absolute atomic E-state index is 0.132. The molecular formula is C16H28N4O. The molecule has 1 aromatic heterocycles. The Hall–Kier alpha value is -1.20. The molecule has 0 radical (unpaired) electrons. The SMILES string of the molecule is Cc1nc(N2CCOC(C)(C)C2)ncc1CNCC(C)C. The van der Waals surface area contributed by atoms with E-state index in [2.05, 4.69) is 54.8 Å². The van der Waals surface area contributed by atoms with Gasteiger partial charge in [0.2, 0.25) is 5.95 Å². The van der Waals surface area contributed by atoms with Gasteiger partial charge in [0.25, 0.3) is 0 Å². The van der Waals surface area contributed by atoms with Crippen LogP contribution in [-0.2, 0) is 11.3 Å². The van der Waals surface area contributed by atoms with Gasteiger partial charge in [-0.2, -0.15) is 0 Å².